The summed E-state index contributed by atoms with van der Waals surface area (Å²) in [5.41, 5.74) is 0.272. The van der Waals surface area contributed by atoms with Crippen LogP contribution in [0, 0.1) is 0 Å². The summed E-state index contributed by atoms with van der Waals surface area (Å²) in [6.45, 7) is 0. The second-order valence-corrected chi connectivity index (χ2v) is 4.21. The number of benzene rings is 1. The van der Waals surface area contributed by atoms with E-state index in [0.29, 0.717) is 5.75 Å². The molecule has 1 aromatic heterocycles. The van der Waals surface area contributed by atoms with E-state index in [0.717, 1.165) is 15.2 Å². The number of halogens is 1. The van der Waals surface area contributed by atoms with Crippen molar-refractivity contribution in [3.8, 4) is 5.75 Å². The van der Waals surface area contributed by atoms with E-state index in [1.807, 2.05) is 12.1 Å². The van der Waals surface area contributed by atoms with E-state index < -0.39 is 5.97 Å². The fourth-order valence-corrected chi connectivity index (χ4v) is 2.03. The lowest BCUT2D eigenvalue weighted by Crippen LogP contribution is -2.03. The maximum atomic E-state index is 11.4. The quantitative estimate of drug-likeness (QED) is 0.800. The maximum Gasteiger partial charge on any atom is 0.356 e. The number of esters is 1. The van der Waals surface area contributed by atoms with Gasteiger partial charge in [0.05, 0.1) is 14.2 Å². The molecule has 1 aromatic carbocycles. The largest absolute Gasteiger partial charge is 0.496 e. The van der Waals surface area contributed by atoms with Crippen LogP contribution in [0.3, 0.4) is 0 Å². The molecule has 2 aromatic rings. The van der Waals surface area contributed by atoms with Gasteiger partial charge in [-0.05, 0) is 18.2 Å². The minimum Gasteiger partial charge on any atom is -0.496 e. The first-order valence-electron chi connectivity index (χ1n) is 4.88. The van der Waals surface area contributed by atoms with E-state index in [1.54, 1.807) is 19.4 Å². The van der Waals surface area contributed by atoms with Crippen LogP contribution < -0.4 is 4.74 Å². The van der Waals surface area contributed by atoms with Gasteiger partial charge in [-0.3, -0.25) is 0 Å². The van der Waals surface area contributed by atoms with Gasteiger partial charge in [0.1, 0.15) is 11.4 Å². The van der Waals surface area contributed by atoms with E-state index in [2.05, 4.69) is 25.7 Å². The first-order valence-corrected chi connectivity index (χ1v) is 5.67. The normalized spacial score (nSPS) is 10.3. The van der Waals surface area contributed by atoms with E-state index in [1.165, 1.54) is 7.11 Å². The number of hydrogen-bond donors (Lipinski definition) is 0. The molecule has 0 atom stereocenters. The van der Waals surface area contributed by atoms with Gasteiger partial charge in [0.2, 0.25) is 0 Å². The molecule has 4 nitrogen and oxygen atoms in total. The van der Waals surface area contributed by atoms with E-state index in [9.17, 15) is 4.79 Å². The van der Waals surface area contributed by atoms with Crippen LogP contribution in [0.4, 0.5) is 0 Å². The molecular formula is C12H10BrNO3. The molecule has 0 amide bonds. The van der Waals surface area contributed by atoms with Gasteiger partial charge in [-0.1, -0.05) is 15.9 Å². The number of pyridine rings is 1. The Bertz CT molecular complexity index is 583. The molecule has 88 valence electrons. The zero-order valence-electron chi connectivity index (χ0n) is 9.36. The molecule has 0 aliphatic heterocycles. The molecule has 1 heterocycles. The van der Waals surface area contributed by atoms with Crippen LogP contribution in [0.2, 0.25) is 0 Å². The molecule has 5 heteroatoms. The molecular weight excluding hydrogens is 286 g/mol. The van der Waals surface area contributed by atoms with Crippen molar-refractivity contribution in [2.24, 2.45) is 0 Å². The van der Waals surface area contributed by atoms with Crippen LogP contribution in [0.25, 0.3) is 10.8 Å². The van der Waals surface area contributed by atoms with Crippen molar-refractivity contribution in [3.63, 3.8) is 0 Å². The van der Waals surface area contributed by atoms with Gasteiger partial charge in [-0.2, -0.15) is 0 Å². The number of carbonyl (C=O) groups excluding carboxylic acids is 1. The number of methoxy groups -OCH3 is 2. The summed E-state index contributed by atoms with van der Waals surface area (Å²) >= 11 is 3.43. The van der Waals surface area contributed by atoms with E-state index in [-0.39, 0.29) is 5.69 Å². The second kappa shape index (κ2) is 4.71. The third kappa shape index (κ3) is 2.10. The van der Waals surface area contributed by atoms with Crippen molar-refractivity contribution in [1.82, 2.24) is 4.98 Å². The van der Waals surface area contributed by atoms with Crippen LogP contribution in [0.1, 0.15) is 10.5 Å². The van der Waals surface area contributed by atoms with Gasteiger partial charge in [0, 0.05) is 21.4 Å². The highest BCUT2D eigenvalue weighted by Crippen LogP contribution is 2.31. The van der Waals surface area contributed by atoms with Crippen molar-refractivity contribution in [1.29, 1.82) is 0 Å². The molecule has 0 bridgehead atoms. The molecule has 0 saturated heterocycles. The van der Waals surface area contributed by atoms with Crippen LogP contribution in [-0.4, -0.2) is 25.2 Å². The zero-order valence-corrected chi connectivity index (χ0v) is 10.9. The van der Waals surface area contributed by atoms with Gasteiger partial charge in [0.15, 0.2) is 0 Å². The number of fused-ring (bicyclic) bond motifs is 1. The predicted molar refractivity (Wildman–Crippen MR) is 67.3 cm³/mol. The van der Waals surface area contributed by atoms with Crippen LogP contribution >= 0.6 is 15.9 Å². The topological polar surface area (TPSA) is 48.4 Å². The molecule has 0 spiro atoms. The molecule has 0 saturated carbocycles. The Morgan fingerprint density at radius 2 is 2.06 bits per heavy atom. The van der Waals surface area contributed by atoms with E-state index >= 15 is 0 Å². The SMILES string of the molecule is COC(=O)c1cc2c(Br)ccc(OC)c2cn1. The number of aromatic nitrogens is 1. The minimum atomic E-state index is -0.457. The predicted octanol–water partition coefficient (Wildman–Crippen LogP) is 2.79. The van der Waals surface area contributed by atoms with Crippen LogP contribution in [0.15, 0.2) is 28.9 Å². The summed E-state index contributed by atoms with van der Waals surface area (Å²) in [7, 11) is 2.92. The monoisotopic (exact) mass is 295 g/mol. The third-order valence-corrected chi connectivity index (χ3v) is 3.11. The number of rotatable bonds is 2. The van der Waals surface area contributed by atoms with Gasteiger partial charge in [-0.25, -0.2) is 9.78 Å². The Labute approximate surface area is 107 Å². The fraction of sp³-hybridized carbons (Fsp3) is 0.167. The van der Waals surface area contributed by atoms with E-state index in [4.69, 9.17) is 4.74 Å². The average Bonchev–Trinajstić information content (AvgIpc) is 2.38. The first kappa shape index (κ1) is 11.9. The molecule has 0 unspecified atom stereocenters. The Morgan fingerprint density at radius 1 is 1.29 bits per heavy atom. The summed E-state index contributed by atoms with van der Waals surface area (Å²) in [6, 6.07) is 5.38. The lowest BCUT2D eigenvalue weighted by Gasteiger charge is -2.07. The van der Waals surface area contributed by atoms with Crippen molar-refractivity contribution < 1.29 is 14.3 Å². The smallest absolute Gasteiger partial charge is 0.356 e. The van der Waals surface area contributed by atoms with Gasteiger partial charge >= 0.3 is 5.97 Å². The molecule has 2 rings (SSSR count). The Kier molecular flexibility index (Phi) is 3.28. The molecule has 0 N–H and O–H groups in total. The Hall–Kier alpha value is -1.62. The first-order chi connectivity index (χ1) is 8.17. The number of ether oxygens (including phenoxy) is 2. The summed E-state index contributed by atoms with van der Waals surface area (Å²) < 4.78 is 10.7. The van der Waals surface area contributed by atoms with Gasteiger partial charge in [0.25, 0.3) is 0 Å². The van der Waals surface area contributed by atoms with Gasteiger partial charge in [-0.15, -0.1) is 0 Å². The van der Waals surface area contributed by atoms with Crippen molar-refractivity contribution in [2.75, 3.05) is 14.2 Å². The maximum absolute atomic E-state index is 11.4. The third-order valence-electron chi connectivity index (χ3n) is 2.42. The zero-order chi connectivity index (χ0) is 12.4. The Morgan fingerprint density at radius 3 is 2.71 bits per heavy atom. The average molecular weight is 296 g/mol. The Balaban J connectivity index is 2.69. The highest BCUT2D eigenvalue weighted by molar-refractivity contribution is 9.10. The second-order valence-electron chi connectivity index (χ2n) is 3.36. The summed E-state index contributed by atoms with van der Waals surface area (Å²) in [5.74, 6) is 0.258. The number of nitrogens with zero attached hydrogens (tertiary/aromatic N) is 1. The minimum absolute atomic E-state index is 0.272. The van der Waals surface area contributed by atoms with Crippen LogP contribution in [0.5, 0.6) is 5.75 Å². The molecule has 0 aliphatic carbocycles. The fourth-order valence-electron chi connectivity index (χ4n) is 1.57. The summed E-state index contributed by atoms with van der Waals surface area (Å²) in [6.07, 6.45) is 1.60. The van der Waals surface area contributed by atoms with Crippen LogP contribution in [-0.2, 0) is 4.74 Å². The summed E-state index contributed by atoms with van der Waals surface area (Å²) in [5, 5.41) is 1.70. The highest BCUT2D eigenvalue weighted by atomic mass is 79.9. The van der Waals surface area contributed by atoms with Crippen molar-refractivity contribution in [2.45, 2.75) is 0 Å². The highest BCUT2D eigenvalue weighted by Gasteiger charge is 2.11. The van der Waals surface area contributed by atoms with Crippen molar-refractivity contribution >= 4 is 32.7 Å². The molecule has 0 fully saturated rings. The molecule has 0 radical (unpaired) electrons. The molecule has 0 aliphatic rings. The number of carbonyl (C=O) groups is 1. The standard InChI is InChI=1S/C12H10BrNO3/c1-16-11-4-3-9(13)7-5-10(12(15)17-2)14-6-8(7)11/h3-6H,1-2H3. The van der Waals surface area contributed by atoms with Gasteiger partial charge < -0.3 is 9.47 Å². The number of hydrogen-bond acceptors (Lipinski definition) is 4. The molecule has 17 heavy (non-hydrogen) atoms. The van der Waals surface area contributed by atoms with Crippen molar-refractivity contribution in [3.05, 3.63) is 34.6 Å². The summed E-state index contributed by atoms with van der Waals surface area (Å²) in [4.78, 5) is 15.4. The lowest BCUT2D eigenvalue weighted by atomic mass is 10.1. The lowest BCUT2D eigenvalue weighted by molar-refractivity contribution is 0.0594.